The van der Waals surface area contributed by atoms with Crippen molar-refractivity contribution in [1.29, 1.82) is 0 Å². The number of thioether (sulfide) groups is 2. The van der Waals surface area contributed by atoms with Gasteiger partial charge in [-0.25, -0.2) is 0 Å². The van der Waals surface area contributed by atoms with Gasteiger partial charge in [0.15, 0.2) is 0 Å². The van der Waals surface area contributed by atoms with Gasteiger partial charge in [0, 0.05) is 22.6 Å². The number of carbonyl (C=O) groups is 2. The Morgan fingerprint density at radius 3 is 1.35 bits per heavy atom. The number of hydrogen-bond acceptors (Lipinski definition) is 6. The minimum absolute atomic E-state index is 0.278. The second kappa shape index (κ2) is 10.9. The summed E-state index contributed by atoms with van der Waals surface area (Å²) in [6, 6.07) is 14.8. The molecule has 0 aromatic heterocycles. The molecule has 0 N–H and O–H groups in total. The molecular formula is C20H22O4S2. The van der Waals surface area contributed by atoms with Gasteiger partial charge in [-0.3, -0.25) is 9.59 Å². The van der Waals surface area contributed by atoms with E-state index in [2.05, 4.69) is 0 Å². The standard InChI is InChI=1S/C20H22O4S2/c1-25-17-11-7-15(8-12-17)23-19(21)5-3-4-6-20(22)24-16-9-13-18(26-2)14-10-16/h7-14H,3-6H2,1-2H3. The second-order valence-corrected chi connectivity index (χ2v) is 7.27. The van der Waals surface area contributed by atoms with Crippen LogP contribution in [0.1, 0.15) is 25.7 Å². The Balaban J connectivity index is 1.63. The van der Waals surface area contributed by atoms with Crippen molar-refractivity contribution < 1.29 is 19.1 Å². The van der Waals surface area contributed by atoms with Gasteiger partial charge in [0.2, 0.25) is 0 Å². The van der Waals surface area contributed by atoms with E-state index in [4.69, 9.17) is 9.47 Å². The van der Waals surface area contributed by atoms with E-state index in [1.807, 2.05) is 36.8 Å². The highest BCUT2D eigenvalue weighted by Gasteiger charge is 2.08. The van der Waals surface area contributed by atoms with E-state index in [1.165, 1.54) is 0 Å². The van der Waals surface area contributed by atoms with Crippen molar-refractivity contribution in [2.45, 2.75) is 35.5 Å². The van der Waals surface area contributed by atoms with Gasteiger partial charge in [-0.2, -0.15) is 0 Å². The normalized spacial score (nSPS) is 10.4. The van der Waals surface area contributed by atoms with E-state index < -0.39 is 0 Å². The quantitative estimate of drug-likeness (QED) is 0.254. The molecule has 0 saturated carbocycles. The number of rotatable bonds is 9. The molecular weight excluding hydrogens is 368 g/mol. The topological polar surface area (TPSA) is 52.6 Å². The number of carbonyl (C=O) groups excluding carboxylic acids is 2. The molecule has 0 saturated heterocycles. The van der Waals surface area contributed by atoms with Gasteiger partial charge in [-0.1, -0.05) is 0 Å². The summed E-state index contributed by atoms with van der Waals surface area (Å²) in [7, 11) is 0. The van der Waals surface area contributed by atoms with Crippen molar-refractivity contribution >= 4 is 35.5 Å². The molecule has 2 aromatic carbocycles. The van der Waals surface area contributed by atoms with Crippen LogP contribution in [0.15, 0.2) is 58.3 Å². The summed E-state index contributed by atoms with van der Waals surface area (Å²) in [5.41, 5.74) is 0. The monoisotopic (exact) mass is 390 g/mol. The first-order chi connectivity index (χ1) is 12.6. The summed E-state index contributed by atoms with van der Waals surface area (Å²) < 4.78 is 10.5. The first-order valence-corrected chi connectivity index (χ1v) is 10.7. The van der Waals surface area contributed by atoms with Gasteiger partial charge in [0.05, 0.1) is 0 Å². The lowest BCUT2D eigenvalue weighted by atomic mass is 10.2. The third-order valence-electron chi connectivity index (χ3n) is 3.59. The van der Waals surface area contributed by atoms with Crippen molar-refractivity contribution in [3.63, 3.8) is 0 Å². The average molecular weight is 391 g/mol. The molecule has 2 rings (SSSR count). The number of esters is 2. The van der Waals surface area contributed by atoms with Gasteiger partial charge in [-0.15, -0.1) is 23.5 Å². The predicted octanol–water partition coefficient (Wildman–Crippen LogP) is 5.20. The fourth-order valence-corrected chi connectivity index (χ4v) is 3.01. The van der Waals surface area contributed by atoms with Crippen molar-refractivity contribution in [2.24, 2.45) is 0 Å². The van der Waals surface area contributed by atoms with Crippen molar-refractivity contribution in [3.05, 3.63) is 48.5 Å². The van der Waals surface area contributed by atoms with E-state index >= 15 is 0 Å². The Bertz CT molecular complexity index is 648. The summed E-state index contributed by atoms with van der Waals surface area (Å²) in [5, 5.41) is 0. The van der Waals surface area contributed by atoms with E-state index in [0.717, 1.165) is 9.79 Å². The Hall–Kier alpha value is -1.92. The van der Waals surface area contributed by atoms with Crippen LogP contribution in [0.5, 0.6) is 11.5 Å². The smallest absolute Gasteiger partial charge is 0.311 e. The Labute approximate surface area is 162 Å². The maximum absolute atomic E-state index is 11.8. The molecule has 2 aromatic rings. The maximum atomic E-state index is 11.8. The number of hydrogen-bond donors (Lipinski definition) is 0. The van der Waals surface area contributed by atoms with Crippen molar-refractivity contribution in [3.8, 4) is 11.5 Å². The molecule has 0 aliphatic heterocycles. The number of ether oxygens (including phenoxy) is 2. The summed E-state index contributed by atoms with van der Waals surface area (Å²) in [5.74, 6) is 0.507. The average Bonchev–Trinajstić information content (AvgIpc) is 2.66. The largest absolute Gasteiger partial charge is 0.427 e. The first-order valence-electron chi connectivity index (χ1n) is 8.30. The lowest BCUT2D eigenvalue weighted by Gasteiger charge is -2.06. The molecule has 0 atom stereocenters. The molecule has 138 valence electrons. The lowest BCUT2D eigenvalue weighted by Crippen LogP contribution is -2.10. The molecule has 26 heavy (non-hydrogen) atoms. The molecule has 0 fully saturated rings. The number of unbranched alkanes of at least 4 members (excludes halogenated alkanes) is 1. The van der Waals surface area contributed by atoms with E-state index in [-0.39, 0.29) is 24.8 Å². The molecule has 0 spiro atoms. The molecule has 0 amide bonds. The summed E-state index contributed by atoms with van der Waals surface area (Å²) in [6.45, 7) is 0. The molecule has 0 aliphatic carbocycles. The minimum Gasteiger partial charge on any atom is -0.427 e. The highest BCUT2D eigenvalue weighted by molar-refractivity contribution is 7.98. The third kappa shape index (κ3) is 7.14. The Morgan fingerprint density at radius 1 is 0.692 bits per heavy atom. The van der Waals surface area contributed by atoms with E-state index in [0.29, 0.717) is 24.3 Å². The van der Waals surface area contributed by atoms with Crippen LogP contribution in [-0.4, -0.2) is 24.5 Å². The van der Waals surface area contributed by atoms with Crippen LogP contribution in [0.2, 0.25) is 0 Å². The van der Waals surface area contributed by atoms with Crippen LogP contribution < -0.4 is 9.47 Å². The molecule has 6 heteroatoms. The summed E-state index contributed by atoms with van der Waals surface area (Å²) >= 11 is 3.27. The molecule has 0 bridgehead atoms. The SMILES string of the molecule is CSc1ccc(OC(=O)CCCCC(=O)Oc2ccc(SC)cc2)cc1. The molecule has 0 unspecified atom stereocenters. The van der Waals surface area contributed by atoms with Crippen molar-refractivity contribution in [2.75, 3.05) is 12.5 Å². The molecule has 0 heterocycles. The maximum Gasteiger partial charge on any atom is 0.311 e. The van der Waals surface area contributed by atoms with E-state index in [1.54, 1.807) is 47.8 Å². The Morgan fingerprint density at radius 2 is 1.04 bits per heavy atom. The highest BCUT2D eigenvalue weighted by atomic mass is 32.2. The fraction of sp³-hybridized carbons (Fsp3) is 0.300. The van der Waals surface area contributed by atoms with Crippen LogP contribution >= 0.6 is 23.5 Å². The molecule has 4 nitrogen and oxygen atoms in total. The first kappa shape index (κ1) is 20.4. The van der Waals surface area contributed by atoms with Crippen LogP contribution in [0.25, 0.3) is 0 Å². The summed E-state index contributed by atoms with van der Waals surface area (Å²) in [4.78, 5) is 25.9. The van der Waals surface area contributed by atoms with Gasteiger partial charge in [-0.05, 0) is 73.9 Å². The predicted molar refractivity (Wildman–Crippen MR) is 106 cm³/mol. The van der Waals surface area contributed by atoms with Crippen LogP contribution in [0, 0.1) is 0 Å². The minimum atomic E-state index is -0.289. The van der Waals surface area contributed by atoms with Crippen LogP contribution in [-0.2, 0) is 9.59 Å². The third-order valence-corrected chi connectivity index (χ3v) is 5.08. The van der Waals surface area contributed by atoms with E-state index in [9.17, 15) is 9.59 Å². The summed E-state index contributed by atoms with van der Waals surface area (Å²) in [6.07, 6.45) is 5.71. The molecule has 0 radical (unpaired) electrons. The van der Waals surface area contributed by atoms with Gasteiger partial charge >= 0.3 is 11.9 Å². The number of benzene rings is 2. The fourth-order valence-electron chi connectivity index (χ4n) is 2.19. The second-order valence-electron chi connectivity index (χ2n) is 5.51. The zero-order chi connectivity index (χ0) is 18.8. The van der Waals surface area contributed by atoms with Gasteiger partial charge in [0.25, 0.3) is 0 Å². The molecule has 0 aliphatic rings. The zero-order valence-corrected chi connectivity index (χ0v) is 16.5. The zero-order valence-electron chi connectivity index (χ0n) is 14.9. The highest BCUT2D eigenvalue weighted by Crippen LogP contribution is 2.20. The van der Waals surface area contributed by atoms with Gasteiger partial charge < -0.3 is 9.47 Å². The van der Waals surface area contributed by atoms with Crippen LogP contribution in [0.4, 0.5) is 0 Å². The van der Waals surface area contributed by atoms with Gasteiger partial charge in [0.1, 0.15) is 11.5 Å². The Kier molecular flexibility index (Phi) is 8.58. The van der Waals surface area contributed by atoms with Crippen molar-refractivity contribution in [1.82, 2.24) is 0 Å². The van der Waals surface area contributed by atoms with Crippen LogP contribution in [0.3, 0.4) is 0 Å². The lowest BCUT2D eigenvalue weighted by molar-refractivity contribution is -0.136.